The Morgan fingerprint density at radius 1 is 1.40 bits per heavy atom. The molecule has 0 amide bonds. The van der Waals surface area contributed by atoms with Crippen molar-refractivity contribution in [3.8, 4) is 0 Å². The molecule has 5 heteroatoms. The average molecular weight is 175 g/mol. The highest BCUT2D eigenvalue weighted by molar-refractivity contribution is 6.34. The van der Waals surface area contributed by atoms with Gasteiger partial charge in [-0.05, 0) is 6.07 Å². The third-order valence-electron chi connectivity index (χ3n) is 0.903. The first-order valence-corrected chi connectivity index (χ1v) is 3.17. The van der Waals surface area contributed by atoms with Gasteiger partial charge in [0.05, 0.1) is 0 Å². The maximum atomic E-state index is 8.27. The minimum absolute atomic E-state index is 0.0926. The van der Waals surface area contributed by atoms with Gasteiger partial charge < -0.3 is 0 Å². The molecule has 50 valence electrons. The molecule has 1 aromatic rings. The van der Waals surface area contributed by atoms with Crippen molar-refractivity contribution in [3.63, 3.8) is 0 Å². The summed E-state index contributed by atoms with van der Waals surface area (Å²) in [7, 11) is 0. The third-order valence-corrected chi connectivity index (χ3v) is 1.39. The molecule has 0 fully saturated rings. The van der Waals surface area contributed by atoms with Crippen LogP contribution in [0.25, 0.3) is 4.98 Å². The molecule has 0 aliphatic heterocycles. The van der Waals surface area contributed by atoms with Crippen molar-refractivity contribution in [2.24, 2.45) is 0 Å². The predicted molar refractivity (Wildman–Crippen MR) is 39.0 cm³/mol. The molecule has 0 spiro atoms. The number of rotatable bonds is 0. The monoisotopic (exact) mass is 174 g/mol. The number of halogens is 2. The Morgan fingerprint density at radius 3 is 2.60 bits per heavy atom. The Balaban J connectivity index is 3.23. The number of hydrogen-bond donors (Lipinski definition) is 0. The van der Waals surface area contributed by atoms with Crippen molar-refractivity contribution in [1.82, 2.24) is 4.98 Å². The molecule has 0 bridgehead atoms. The lowest BCUT2D eigenvalue weighted by Crippen LogP contribution is -1.74. The summed E-state index contributed by atoms with van der Waals surface area (Å²) in [5, 5.41) is 8.63. The molecule has 1 aromatic heterocycles. The first-order chi connectivity index (χ1) is 4.74. The van der Waals surface area contributed by atoms with Crippen molar-refractivity contribution in [3.05, 3.63) is 27.4 Å². The molecular weight excluding hydrogens is 173 g/mol. The number of diazo groups is 1. The van der Waals surface area contributed by atoms with Crippen molar-refractivity contribution in [2.75, 3.05) is 0 Å². The zero-order chi connectivity index (χ0) is 7.56. The van der Waals surface area contributed by atoms with Crippen LogP contribution in [0.1, 0.15) is 0 Å². The fraction of sp³-hybridized carbons (Fsp3) is 0. The summed E-state index contributed by atoms with van der Waals surface area (Å²) < 4.78 is 0. The van der Waals surface area contributed by atoms with E-state index in [1.807, 2.05) is 0 Å². The van der Waals surface area contributed by atoms with E-state index < -0.39 is 0 Å². The highest BCUT2D eigenvalue weighted by atomic mass is 35.5. The molecule has 0 saturated heterocycles. The zero-order valence-electron chi connectivity index (χ0n) is 4.75. The minimum Gasteiger partial charge on any atom is -0.217 e. The van der Waals surface area contributed by atoms with Crippen LogP contribution >= 0.6 is 23.2 Å². The van der Waals surface area contributed by atoms with E-state index in [4.69, 9.17) is 28.6 Å². The van der Waals surface area contributed by atoms with E-state index in [9.17, 15) is 0 Å². The van der Waals surface area contributed by atoms with Gasteiger partial charge in [-0.1, -0.05) is 23.2 Å². The predicted octanol–water partition coefficient (Wildman–Crippen LogP) is 2.87. The number of aromatic nitrogens is 1. The van der Waals surface area contributed by atoms with E-state index in [0.29, 0.717) is 0 Å². The van der Waals surface area contributed by atoms with E-state index in [0.717, 1.165) is 0 Å². The van der Waals surface area contributed by atoms with Gasteiger partial charge in [0.25, 0.3) is 0 Å². The van der Waals surface area contributed by atoms with Crippen LogP contribution in [0.5, 0.6) is 0 Å². The zero-order valence-corrected chi connectivity index (χ0v) is 6.26. The Kier molecular flexibility index (Phi) is 2.05. The van der Waals surface area contributed by atoms with Gasteiger partial charge in [-0.25, -0.2) is 4.98 Å². The standard InChI is InChI=1S/C5H2Cl2N3/c6-4-2-1-3(10-8)5(7)9-4/h1-2H/q+1. The van der Waals surface area contributed by atoms with Crippen LogP contribution in [0.2, 0.25) is 10.3 Å². The molecular formula is C5H2Cl2N3+. The lowest BCUT2D eigenvalue weighted by atomic mass is 10.4. The number of hydrogen-bond acceptors (Lipinski definition) is 2. The van der Waals surface area contributed by atoms with Crippen LogP contribution in [-0.2, 0) is 0 Å². The summed E-state index contributed by atoms with van der Waals surface area (Å²) in [6.07, 6.45) is 0. The quantitative estimate of drug-likeness (QED) is 0.449. The molecule has 1 rings (SSSR count). The summed E-state index contributed by atoms with van der Waals surface area (Å²) in [5.74, 6) is 0. The molecule has 0 aliphatic carbocycles. The Bertz CT molecular complexity index is 291. The smallest absolute Gasteiger partial charge is 0.217 e. The van der Waals surface area contributed by atoms with Crippen molar-refractivity contribution < 1.29 is 0 Å². The second kappa shape index (κ2) is 2.82. The summed E-state index contributed by atoms with van der Waals surface area (Å²) >= 11 is 10.9. The lowest BCUT2D eigenvalue weighted by Gasteiger charge is -1.84. The summed E-state index contributed by atoms with van der Waals surface area (Å²) in [5.41, 5.74) is 0.214. The maximum Gasteiger partial charge on any atom is 0.421 e. The van der Waals surface area contributed by atoms with Crippen LogP contribution < -0.4 is 0 Å². The highest BCUT2D eigenvalue weighted by Gasteiger charge is 2.12. The van der Waals surface area contributed by atoms with Gasteiger partial charge in [-0.2, -0.15) is 0 Å². The molecule has 0 atom stereocenters. The summed E-state index contributed by atoms with van der Waals surface area (Å²) in [6.45, 7) is 0. The Hall–Kier alpha value is -0.850. The van der Waals surface area contributed by atoms with Gasteiger partial charge in [0.2, 0.25) is 10.5 Å². The van der Waals surface area contributed by atoms with Crippen LogP contribution in [0, 0.1) is 5.39 Å². The molecule has 3 nitrogen and oxygen atoms in total. The highest BCUT2D eigenvalue weighted by Crippen LogP contribution is 2.23. The van der Waals surface area contributed by atoms with E-state index in [1.165, 1.54) is 12.1 Å². The molecule has 0 N–H and O–H groups in total. The maximum absolute atomic E-state index is 8.27. The summed E-state index contributed by atoms with van der Waals surface area (Å²) in [6, 6.07) is 2.96. The van der Waals surface area contributed by atoms with Gasteiger partial charge in [0, 0.05) is 6.07 Å². The topological polar surface area (TPSA) is 41.0 Å². The van der Waals surface area contributed by atoms with Gasteiger partial charge in [0.1, 0.15) is 5.15 Å². The van der Waals surface area contributed by atoms with Crippen molar-refractivity contribution in [2.45, 2.75) is 0 Å². The van der Waals surface area contributed by atoms with Crippen LogP contribution in [0.3, 0.4) is 0 Å². The molecule has 10 heavy (non-hydrogen) atoms. The second-order valence-electron chi connectivity index (χ2n) is 1.54. The normalized spacial score (nSPS) is 8.90. The largest absolute Gasteiger partial charge is 0.421 e. The Morgan fingerprint density at radius 2 is 2.10 bits per heavy atom. The number of nitrogens with zero attached hydrogens (tertiary/aromatic N) is 3. The van der Waals surface area contributed by atoms with Gasteiger partial charge in [0.15, 0.2) is 4.98 Å². The van der Waals surface area contributed by atoms with Crippen LogP contribution in [0.15, 0.2) is 12.1 Å². The first kappa shape index (κ1) is 7.26. The summed E-state index contributed by atoms with van der Waals surface area (Å²) in [4.78, 5) is 6.48. The van der Waals surface area contributed by atoms with E-state index >= 15 is 0 Å². The van der Waals surface area contributed by atoms with E-state index in [1.54, 1.807) is 0 Å². The Labute approximate surface area is 67.2 Å². The molecule has 0 aromatic carbocycles. The fourth-order valence-corrected chi connectivity index (χ4v) is 0.862. The SMILES string of the molecule is N#[N+]c1ccc(Cl)nc1Cl. The molecule has 0 aliphatic rings. The molecule has 0 saturated carbocycles. The number of pyridine rings is 1. The fourth-order valence-electron chi connectivity index (χ4n) is 0.479. The average Bonchev–Trinajstić information content (AvgIpc) is 1.88. The molecule has 0 unspecified atom stereocenters. The van der Waals surface area contributed by atoms with E-state index in [2.05, 4.69) is 9.96 Å². The first-order valence-electron chi connectivity index (χ1n) is 2.41. The second-order valence-corrected chi connectivity index (χ2v) is 2.29. The molecule has 0 radical (unpaired) electrons. The van der Waals surface area contributed by atoms with Crippen LogP contribution in [-0.4, -0.2) is 4.98 Å². The van der Waals surface area contributed by atoms with Crippen molar-refractivity contribution in [1.29, 1.82) is 5.39 Å². The van der Waals surface area contributed by atoms with E-state index in [-0.39, 0.29) is 16.0 Å². The third kappa shape index (κ3) is 1.35. The van der Waals surface area contributed by atoms with Crippen LogP contribution in [0.4, 0.5) is 5.69 Å². The van der Waals surface area contributed by atoms with Gasteiger partial charge >= 0.3 is 5.69 Å². The minimum atomic E-state index is 0.0926. The molecule has 1 heterocycles. The van der Waals surface area contributed by atoms with Gasteiger partial charge in [-0.3, -0.25) is 0 Å². The van der Waals surface area contributed by atoms with Crippen molar-refractivity contribution >= 4 is 28.9 Å². The van der Waals surface area contributed by atoms with Gasteiger partial charge in [-0.15, -0.1) is 0 Å². The lowest BCUT2D eigenvalue weighted by molar-refractivity contribution is 1.32.